The molecule has 3 nitrogen and oxygen atoms in total. The van der Waals surface area contributed by atoms with Gasteiger partial charge in [0, 0.05) is 0 Å². The Morgan fingerprint density at radius 1 is 1.50 bits per heavy atom. The van der Waals surface area contributed by atoms with Crippen molar-refractivity contribution in [2.24, 2.45) is 5.92 Å². The normalized spacial score (nSPS) is 10.5. The summed E-state index contributed by atoms with van der Waals surface area (Å²) in [5.41, 5.74) is -0.135. The number of hydrogen-bond donors (Lipinski definition) is 1. The van der Waals surface area contributed by atoms with Gasteiger partial charge in [0.1, 0.15) is 5.56 Å². The third-order valence-electron chi connectivity index (χ3n) is 2.14. The van der Waals surface area contributed by atoms with Gasteiger partial charge in [0.2, 0.25) is 0 Å². The lowest BCUT2D eigenvalue weighted by Gasteiger charge is -2.11. The van der Waals surface area contributed by atoms with Gasteiger partial charge in [-0.15, -0.1) is 0 Å². The fourth-order valence-electron chi connectivity index (χ4n) is 1.22. The van der Waals surface area contributed by atoms with Crippen molar-refractivity contribution in [1.29, 1.82) is 0 Å². The SMILES string of the molecule is CC(C)CCOc1c(F)cccc1C(=O)O. The smallest absolute Gasteiger partial charge is 0.339 e. The molecule has 0 amide bonds. The van der Waals surface area contributed by atoms with E-state index < -0.39 is 11.8 Å². The molecule has 0 aliphatic heterocycles. The van der Waals surface area contributed by atoms with Gasteiger partial charge in [-0.3, -0.25) is 0 Å². The number of benzene rings is 1. The quantitative estimate of drug-likeness (QED) is 0.839. The molecule has 0 heterocycles. The van der Waals surface area contributed by atoms with Crippen molar-refractivity contribution < 1.29 is 19.0 Å². The molecule has 0 fully saturated rings. The van der Waals surface area contributed by atoms with Crippen LogP contribution in [0.2, 0.25) is 0 Å². The fraction of sp³-hybridized carbons (Fsp3) is 0.417. The fourth-order valence-corrected chi connectivity index (χ4v) is 1.22. The predicted octanol–water partition coefficient (Wildman–Crippen LogP) is 2.95. The third-order valence-corrected chi connectivity index (χ3v) is 2.14. The molecule has 0 radical (unpaired) electrons. The number of carboxylic acids is 1. The minimum atomic E-state index is -1.18. The van der Waals surface area contributed by atoms with Gasteiger partial charge in [0.25, 0.3) is 0 Å². The van der Waals surface area contributed by atoms with Gasteiger partial charge in [-0.05, 0) is 24.5 Å². The molecule has 0 saturated carbocycles. The minimum absolute atomic E-state index is 0.135. The summed E-state index contributed by atoms with van der Waals surface area (Å²) in [5.74, 6) is -1.56. The second kappa shape index (κ2) is 5.49. The number of ether oxygens (including phenoxy) is 1. The van der Waals surface area contributed by atoms with Crippen LogP contribution in [-0.4, -0.2) is 17.7 Å². The minimum Gasteiger partial charge on any atom is -0.490 e. The maximum Gasteiger partial charge on any atom is 0.339 e. The Kier molecular flexibility index (Phi) is 4.28. The van der Waals surface area contributed by atoms with Crippen molar-refractivity contribution in [2.45, 2.75) is 20.3 Å². The van der Waals surface area contributed by atoms with Crippen LogP contribution in [0.15, 0.2) is 18.2 Å². The van der Waals surface area contributed by atoms with Crippen LogP contribution in [0.5, 0.6) is 5.75 Å². The number of carboxylic acid groups (broad SMARTS) is 1. The molecule has 1 rings (SSSR count). The Labute approximate surface area is 93.9 Å². The first-order chi connectivity index (χ1) is 7.52. The van der Waals surface area contributed by atoms with E-state index in [0.29, 0.717) is 12.5 Å². The first kappa shape index (κ1) is 12.5. The van der Waals surface area contributed by atoms with Crippen LogP contribution in [0.3, 0.4) is 0 Å². The van der Waals surface area contributed by atoms with E-state index in [1.54, 1.807) is 0 Å². The zero-order valence-corrected chi connectivity index (χ0v) is 9.37. The van der Waals surface area contributed by atoms with Gasteiger partial charge >= 0.3 is 5.97 Å². The summed E-state index contributed by atoms with van der Waals surface area (Å²) in [6.45, 7) is 4.35. The summed E-state index contributed by atoms with van der Waals surface area (Å²) >= 11 is 0. The van der Waals surface area contributed by atoms with Gasteiger partial charge in [-0.1, -0.05) is 19.9 Å². The van der Waals surface area contributed by atoms with Gasteiger partial charge in [-0.25, -0.2) is 9.18 Å². The molecule has 0 atom stereocenters. The van der Waals surface area contributed by atoms with Crippen LogP contribution in [0.4, 0.5) is 4.39 Å². The van der Waals surface area contributed by atoms with E-state index in [0.717, 1.165) is 6.42 Å². The molecule has 4 heteroatoms. The molecule has 16 heavy (non-hydrogen) atoms. The lowest BCUT2D eigenvalue weighted by Crippen LogP contribution is -2.07. The number of para-hydroxylation sites is 1. The highest BCUT2D eigenvalue weighted by molar-refractivity contribution is 5.90. The predicted molar refractivity (Wildman–Crippen MR) is 58.3 cm³/mol. The number of halogens is 1. The van der Waals surface area contributed by atoms with Crippen LogP contribution in [0, 0.1) is 11.7 Å². The molecule has 88 valence electrons. The molecule has 0 unspecified atom stereocenters. The third kappa shape index (κ3) is 3.22. The van der Waals surface area contributed by atoms with E-state index in [9.17, 15) is 9.18 Å². The van der Waals surface area contributed by atoms with Crippen LogP contribution in [-0.2, 0) is 0 Å². The summed E-state index contributed by atoms with van der Waals surface area (Å²) in [6.07, 6.45) is 0.757. The van der Waals surface area contributed by atoms with E-state index >= 15 is 0 Å². The second-order valence-corrected chi connectivity index (χ2v) is 3.95. The molecular formula is C12H15FO3. The lowest BCUT2D eigenvalue weighted by atomic mass is 10.1. The lowest BCUT2D eigenvalue weighted by molar-refractivity contribution is 0.0691. The van der Waals surface area contributed by atoms with Crippen molar-refractivity contribution >= 4 is 5.97 Å². The van der Waals surface area contributed by atoms with Crippen molar-refractivity contribution in [3.63, 3.8) is 0 Å². The van der Waals surface area contributed by atoms with Gasteiger partial charge in [0.15, 0.2) is 11.6 Å². The average molecular weight is 226 g/mol. The average Bonchev–Trinajstić information content (AvgIpc) is 2.19. The second-order valence-electron chi connectivity index (χ2n) is 3.95. The number of carbonyl (C=O) groups is 1. The number of hydrogen-bond acceptors (Lipinski definition) is 2. The Balaban J connectivity index is 2.80. The first-order valence-corrected chi connectivity index (χ1v) is 5.17. The van der Waals surface area contributed by atoms with E-state index in [2.05, 4.69) is 0 Å². The van der Waals surface area contributed by atoms with Gasteiger partial charge in [0.05, 0.1) is 6.61 Å². The monoisotopic (exact) mass is 226 g/mol. The van der Waals surface area contributed by atoms with Crippen molar-refractivity contribution in [3.8, 4) is 5.75 Å². The highest BCUT2D eigenvalue weighted by atomic mass is 19.1. The highest BCUT2D eigenvalue weighted by Gasteiger charge is 2.15. The van der Waals surface area contributed by atoms with E-state index in [1.807, 2.05) is 13.8 Å². The molecule has 0 bridgehead atoms. The molecule has 0 aliphatic carbocycles. The summed E-state index contributed by atoms with van der Waals surface area (Å²) in [5, 5.41) is 8.85. The largest absolute Gasteiger partial charge is 0.490 e. The van der Waals surface area contributed by atoms with E-state index in [1.165, 1.54) is 18.2 Å². The van der Waals surface area contributed by atoms with Crippen LogP contribution in [0.1, 0.15) is 30.6 Å². The van der Waals surface area contributed by atoms with E-state index in [4.69, 9.17) is 9.84 Å². The van der Waals surface area contributed by atoms with E-state index in [-0.39, 0.29) is 11.3 Å². The Morgan fingerprint density at radius 3 is 2.75 bits per heavy atom. The zero-order chi connectivity index (χ0) is 12.1. The molecule has 1 aromatic carbocycles. The van der Waals surface area contributed by atoms with Crippen LogP contribution in [0.25, 0.3) is 0 Å². The first-order valence-electron chi connectivity index (χ1n) is 5.17. The van der Waals surface area contributed by atoms with Crippen LogP contribution < -0.4 is 4.74 Å². The van der Waals surface area contributed by atoms with Gasteiger partial charge in [-0.2, -0.15) is 0 Å². The molecule has 0 spiro atoms. The number of rotatable bonds is 5. The van der Waals surface area contributed by atoms with Gasteiger partial charge < -0.3 is 9.84 Å². The van der Waals surface area contributed by atoms with Crippen molar-refractivity contribution in [1.82, 2.24) is 0 Å². The summed E-state index contributed by atoms with van der Waals surface area (Å²) < 4.78 is 18.5. The topological polar surface area (TPSA) is 46.5 Å². The molecule has 0 aliphatic rings. The molecule has 1 aromatic rings. The maximum atomic E-state index is 13.3. The molecular weight excluding hydrogens is 211 g/mol. The van der Waals surface area contributed by atoms with Crippen molar-refractivity contribution in [2.75, 3.05) is 6.61 Å². The highest BCUT2D eigenvalue weighted by Crippen LogP contribution is 2.23. The number of aromatic carboxylic acids is 1. The maximum absolute atomic E-state index is 13.3. The Morgan fingerprint density at radius 2 is 2.19 bits per heavy atom. The molecule has 0 saturated heterocycles. The Hall–Kier alpha value is -1.58. The summed E-state index contributed by atoms with van der Waals surface area (Å²) in [7, 11) is 0. The molecule has 1 N–H and O–H groups in total. The van der Waals surface area contributed by atoms with Crippen molar-refractivity contribution in [3.05, 3.63) is 29.6 Å². The summed E-state index contributed by atoms with van der Waals surface area (Å²) in [6, 6.07) is 3.88. The Bertz CT molecular complexity index is 375. The summed E-state index contributed by atoms with van der Waals surface area (Å²) in [4.78, 5) is 10.8. The standard InChI is InChI=1S/C12H15FO3/c1-8(2)6-7-16-11-9(12(14)15)4-3-5-10(11)13/h3-5,8H,6-7H2,1-2H3,(H,14,15). The van der Waals surface area contributed by atoms with Crippen LogP contribution >= 0.6 is 0 Å². The zero-order valence-electron chi connectivity index (χ0n) is 9.37. The molecule has 0 aromatic heterocycles.